The van der Waals surface area contributed by atoms with E-state index in [4.69, 9.17) is 18.6 Å². The van der Waals surface area contributed by atoms with Crippen LogP contribution in [0.3, 0.4) is 0 Å². The van der Waals surface area contributed by atoms with Gasteiger partial charge in [-0.15, -0.1) is 0 Å². The number of ketones is 1. The molecule has 7 heteroatoms. The maximum atomic E-state index is 13.9. The van der Waals surface area contributed by atoms with Crippen molar-refractivity contribution in [3.8, 4) is 17.2 Å². The molecule has 0 bridgehead atoms. The van der Waals surface area contributed by atoms with Gasteiger partial charge in [-0.3, -0.25) is 4.79 Å². The molecule has 0 saturated carbocycles. The summed E-state index contributed by atoms with van der Waals surface area (Å²) in [5, 5.41) is -0.00301. The molecule has 0 saturated heterocycles. The first-order chi connectivity index (χ1) is 16.0. The number of carbonyl (C=O) groups excluding carboxylic acids is 1. The number of ether oxygens (including phenoxy) is 3. The number of hydrogen-bond donors (Lipinski definition) is 1. The summed E-state index contributed by atoms with van der Waals surface area (Å²) in [6.07, 6.45) is 0.00641. The lowest BCUT2D eigenvalue weighted by Gasteiger charge is -2.38. The van der Waals surface area contributed by atoms with E-state index in [1.54, 1.807) is 21.3 Å². The quantitative estimate of drug-likeness (QED) is 0.335. The van der Waals surface area contributed by atoms with Crippen molar-refractivity contribution in [3.63, 3.8) is 0 Å². The molecule has 0 aromatic heterocycles. The molecular weight excluding hydrogens is 464 g/mol. The Morgan fingerprint density at radius 1 is 0.941 bits per heavy atom. The maximum Gasteiger partial charge on any atom is 0.203 e. The molecule has 2 aromatic carbocycles. The van der Waals surface area contributed by atoms with E-state index >= 15 is 0 Å². The lowest BCUT2D eigenvalue weighted by Crippen LogP contribution is -2.45. The molecule has 184 valence electrons. The SMILES string of the molecule is COc1cc(C2=C(c3ccc(CS)cc3)CC(O[Si](C)(C)C(C)(C)C)C2=O)cc(OC)c1OC. The fraction of sp³-hybridized carbons (Fsp3) is 0.444. The Morgan fingerprint density at radius 2 is 1.50 bits per heavy atom. The van der Waals surface area contributed by atoms with Crippen molar-refractivity contribution in [1.29, 1.82) is 0 Å². The van der Waals surface area contributed by atoms with Crippen LogP contribution in [0, 0.1) is 0 Å². The van der Waals surface area contributed by atoms with Gasteiger partial charge in [0.2, 0.25) is 5.75 Å². The Bertz CT molecular complexity index is 1060. The highest BCUT2D eigenvalue weighted by Gasteiger charge is 2.44. The molecule has 0 N–H and O–H groups in total. The lowest BCUT2D eigenvalue weighted by molar-refractivity contribution is -0.119. The molecule has 0 aliphatic heterocycles. The summed E-state index contributed by atoms with van der Waals surface area (Å²) in [6.45, 7) is 10.9. The number of Topliss-reactive ketones (excluding diaryl/α,β-unsaturated/α-hetero) is 1. The number of methoxy groups -OCH3 is 3. The minimum Gasteiger partial charge on any atom is -0.493 e. The third-order valence-corrected chi connectivity index (χ3v) is 11.8. The smallest absolute Gasteiger partial charge is 0.203 e. The first-order valence-electron chi connectivity index (χ1n) is 11.4. The largest absolute Gasteiger partial charge is 0.493 e. The van der Waals surface area contributed by atoms with Gasteiger partial charge in [0, 0.05) is 17.7 Å². The third-order valence-electron chi connectivity index (χ3n) is 6.91. The molecule has 0 spiro atoms. The van der Waals surface area contributed by atoms with Crippen LogP contribution in [0.15, 0.2) is 36.4 Å². The van der Waals surface area contributed by atoms with Crippen molar-refractivity contribution >= 4 is 37.9 Å². The van der Waals surface area contributed by atoms with Gasteiger partial charge in [0.1, 0.15) is 6.10 Å². The average molecular weight is 501 g/mol. The fourth-order valence-electron chi connectivity index (χ4n) is 3.93. The minimum absolute atomic E-state index is 0.00301. The first kappa shape index (κ1) is 26.4. The monoisotopic (exact) mass is 500 g/mol. The molecule has 1 atom stereocenters. The van der Waals surface area contributed by atoms with Crippen LogP contribution in [0.2, 0.25) is 18.1 Å². The molecular formula is C27H36O5SSi. The summed E-state index contributed by atoms with van der Waals surface area (Å²) in [7, 11) is 2.55. The van der Waals surface area contributed by atoms with Gasteiger partial charge in [-0.2, -0.15) is 12.6 Å². The van der Waals surface area contributed by atoms with E-state index in [2.05, 4.69) is 70.8 Å². The van der Waals surface area contributed by atoms with E-state index in [1.165, 1.54) is 0 Å². The molecule has 3 rings (SSSR count). The number of hydrogen-bond acceptors (Lipinski definition) is 6. The summed E-state index contributed by atoms with van der Waals surface area (Å²) in [6, 6.07) is 11.9. The van der Waals surface area contributed by atoms with Gasteiger partial charge >= 0.3 is 0 Å². The van der Waals surface area contributed by atoms with Crippen molar-refractivity contribution in [2.75, 3.05) is 21.3 Å². The third kappa shape index (κ3) is 5.06. The molecule has 5 nitrogen and oxygen atoms in total. The normalized spacial score (nSPS) is 16.7. The van der Waals surface area contributed by atoms with Crippen LogP contribution < -0.4 is 14.2 Å². The second kappa shape index (κ2) is 10.2. The second-order valence-corrected chi connectivity index (χ2v) is 15.1. The topological polar surface area (TPSA) is 54.0 Å². The van der Waals surface area contributed by atoms with Crippen molar-refractivity contribution in [3.05, 3.63) is 53.1 Å². The minimum atomic E-state index is -2.16. The Labute approximate surface area is 210 Å². The Balaban J connectivity index is 2.16. The highest BCUT2D eigenvalue weighted by atomic mass is 32.1. The standard InChI is InChI=1S/C27H36O5SSi/c1-27(2,3)34(7,8)32-21-15-20(18-11-9-17(16-33)10-12-18)24(25(21)28)19-13-22(29-4)26(31-6)23(14-19)30-5/h9-14,21,33H,15-16H2,1-8H3. The molecule has 2 aromatic rings. The number of rotatable bonds is 8. The van der Waals surface area contributed by atoms with Gasteiger partial charge in [-0.25, -0.2) is 0 Å². The Morgan fingerprint density at radius 3 is 1.94 bits per heavy atom. The predicted octanol–water partition coefficient (Wildman–Crippen LogP) is 6.42. The van der Waals surface area contributed by atoms with Crippen LogP contribution in [-0.2, 0) is 15.0 Å². The van der Waals surface area contributed by atoms with Gasteiger partial charge in [0.15, 0.2) is 25.6 Å². The lowest BCUT2D eigenvalue weighted by atomic mass is 9.95. The van der Waals surface area contributed by atoms with Crippen LogP contribution in [0.1, 0.15) is 43.9 Å². The first-order valence-corrected chi connectivity index (χ1v) is 15.0. The molecule has 1 unspecified atom stereocenters. The van der Waals surface area contributed by atoms with Crippen molar-refractivity contribution in [1.82, 2.24) is 0 Å². The van der Waals surface area contributed by atoms with Gasteiger partial charge < -0.3 is 18.6 Å². The van der Waals surface area contributed by atoms with Gasteiger partial charge in [0.25, 0.3) is 0 Å². The van der Waals surface area contributed by atoms with Crippen molar-refractivity contribution < 1.29 is 23.4 Å². The Kier molecular flexibility index (Phi) is 7.90. The zero-order valence-electron chi connectivity index (χ0n) is 21.4. The molecule has 1 aliphatic carbocycles. The average Bonchev–Trinajstić information content (AvgIpc) is 3.12. The molecule has 0 heterocycles. The number of carbonyl (C=O) groups is 1. The van der Waals surface area contributed by atoms with Crippen LogP contribution in [0.25, 0.3) is 11.1 Å². The molecule has 0 amide bonds. The fourth-order valence-corrected chi connectivity index (χ4v) is 5.40. The van der Waals surface area contributed by atoms with E-state index in [-0.39, 0.29) is 10.8 Å². The van der Waals surface area contributed by atoms with Crippen LogP contribution in [0.5, 0.6) is 17.2 Å². The summed E-state index contributed by atoms with van der Waals surface area (Å²) < 4.78 is 23.2. The summed E-state index contributed by atoms with van der Waals surface area (Å²) in [5.41, 5.74) is 4.47. The number of thiol groups is 1. The molecule has 0 radical (unpaired) electrons. The van der Waals surface area contributed by atoms with Crippen molar-refractivity contribution in [2.45, 2.75) is 57.2 Å². The van der Waals surface area contributed by atoms with E-state index < -0.39 is 14.4 Å². The van der Waals surface area contributed by atoms with Crippen LogP contribution in [-0.4, -0.2) is 41.5 Å². The highest BCUT2D eigenvalue weighted by Crippen LogP contribution is 2.47. The molecule has 0 fully saturated rings. The predicted molar refractivity (Wildman–Crippen MR) is 144 cm³/mol. The Hall–Kier alpha value is -2.22. The summed E-state index contributed by atoms with van der Waals surface area (Å²) >= 11 is 4.37. The van der Waals surface area contributed by atoms with E-state index in [9.17, 15) is 4.79 Å². The highest BCUT2D eigenvalue weighted by molar-refractivity contribution is 7.79. The summed E-state index contributed by atoms with van der Waals surface area (Å²) in [5.74, 6) is 2.17. The molecule has 34 heavy (non-hydrogen) atoms. The van der Waals surface area contributed by atoms with Gasteiger partial charge in [0.05, 0.1) is 21.3 Å². The zero-order chi connectivity index (χ0) is 25.3. The van der Waals surface area contributed by atoms with Crippen LogP contribution in [0.4, 0.5) is 0 Å². The van der Waals surface area contributed by atoms with Gasteiger partial charge in [-0.1, -0.05) is 45.0 Å². The van der Waals surface area contributed by atoms with Crippen LogP contribution >= 0.6 is 12.6 Å². The zero-order valence-corrected chi connectivity index (χ0v) is 23.3. The van der Waals surface area contributed by atoms with E-state index in [0.29, 0.717) is 35.0 Å². The molecule has 1 aliphatic rings. The summed E-state index contributed by atoms with van der Waals surface area (Å²) in [4.78, 5) is 13.9. The van der Waals surface area contributed by atoms with Gasteiger partial charge in [-0.05, 0) is 52.5 Å². The van der Waals surface area contributed by atoms with Crippen molar-refractivity contribution in [2.24, 2.45) is 0 Å². The second-order valence-electron chi connectivity index (χ2n) is 10.1. The maximum absolute atomic E-state index is 13.9. The number of benzene rings is 2. The van der Waals surface area contributed by atoms with E-state index in [0.717, 1.165) is 22.3 Å². The van der Waals surface area contributed by atoms with E-state index in [1.807, 2.05) is 12.1 Å².